The molecule has 1 atom stereocenters. The number of aromatic nitrogens is 3. The molecule has 0 saturated carbocycles. The average molecular weight is 402 g/mol. The van der Waals surface area contributed by atoms with Crippen molar-refractivity contribution >= 4 is 12.2 Å². The lowest BCUT2D eigenvalue weighted by atomic mass is 10.1. The summed E-state index contributed by atoms with van der Waals surface area (Å²) in [6.07, 6.45) is 1.36. The van der Waals surface area contributed by atoms with E-state index in [0.717, 1.165) is 19.4 Å². The minimum atomic E-state index is -0.348. The van der Waals surface area contributed by atoms with Crippen molar-refractivity contribution < 1.29 is 13.9 Å². The van der Waals surface area contributed by atoms with Gasteiger partial charge in [-0.15, -0.1) is 5.10 Å². The molecular weight excluding hydrogens is 382 g/mol. The van der Waals surface area contributed by atoms with E-state index in [1.807, 2.05) is 0 Å². The van der Waals surface area contributed by atoms with Crippen LogP contribution in [0, 0.1) is 16.4 Å². The topological polar surface area (TPSA) is 46.2 Å². The normalized spacial score (nSPS) is 17.8. The van der Waals surface area contributed by atoms with Crippen molar-refractivity contribution in [1.29, 1.82) is 0 Å². The highest BCUT2D eigenvalue weighted by molar-refractivity contribution is 7.71. The molecule has 1 aliphatic rings. The van der Waals surface area contributed by atoms with Crippen LogP contribution in [-0.2, 0) is 6.67 Å². The van der Waals surface area contributed by atoms with Crippen molar-refractivity contribution in [2.75, 3.05) is 13.1 Å². The molecule has 3 aromatic rings. The van der Waals surface area contributed by atoms with E-state index in [2.05, 4.69) is 10.00 Å². The first-order valence-corrected chi connectivity index (χ1v) is 9.54. The summed E-state index contributed by atoms with van der Waals surface area (Å²) in [5, 5.41) is 14.6. The fourth-order valence-corrected chi connectivity index (χ4v) is 3.75. The number of rotatable bonds is 4. The van der Waals surface area contributed by atoms with Crippen LogP contribution in [0.25, 0.3) is 17.1 Å². The molecule has 0 amide bonds. The summed E-state index contributed by atoms with van der Waals surface area (Å²) < 4.78 is 30.7. The Morgan fingerprint density at radius 1 is 1.04 bits per heavy atom. The van der Waals surface area contributed by atoms with Crippen LogP contribution in [0.5, 0.6) is 0 Å². The van der Waals surface area contributed by atoms with Crippen LogP contribution in [0.4, 0.5) is 8.78 Å². The maximum absolute atomic E-state index is 13.4. The third kappa shape index (κ3) is 3.89. The quantitative estimate of drug-likeness (QED) is 0.675. The minimum absolute atomic E-state index is 0.336. The third-order valence-electron chi connectivity index (χ3n) is 4.84. The summed E-state index contributed by atoms with van der Waals surface area (Å²) in [5.74, 6) is -0.125. The zero-order valence-electron chi connectivity index (χ0n) is 15.1. The van der Waals surface area contributed by atoms with Crippen molar-refractivity contribution in [2.45, 2.75) is 25.6 Å². The number of piperidine rings is 1. The summed E-state index contributed by atoms with van der Waals surface area (Å²) in [6.45, 7) is 1.86. The lowest BCUT2D eigenvalue weighted by Gasteiger charge is -2.29. The Morgan fingerprint density at radius 2 is 1.68 bits per heavy atom. The van der Waals surface area contributed by atoms with Crippen molar-refractivity contribution in [1.82, 2.24) is 19.2 Å². The SMILES string of the molecule is O[C@@H]1CCCN(Cn2nc(-c3ccc(F)cc3)n(-c3ccc(F)cc3)c2=S)C1. The molecule has 0 spiro atoms. The second kappa shape index (κ2) is 7.90. The molecule has 1 aromatic heterocycles. The van der Waals surface area contributed by atoms with Crippen LogP contribution in [0.2, 0.25) is 0 Å². The Labute approximate surface area is 166 Å². The second-order valence-corrected chi connectivity index (χ2v) is 7.30. The molecule has 8 heteroatoms. The van der Waals surface area contributed by atoms with E-state index in [-0.39, 0.29) is 17.7 Å². The zero-order chi connectivity index (χ0) is 19.7. The first kappa shape index (κ1) is 18.9. The van der Waals surface area contributed by atoms with Crippen molar-refractivity contribution in [3.05, 3.63) is 64.9 Å². The molecule has 28 heavy (non-hydrogen) atoms. The number of hydrogen-bond donors (Lipinski definition) is 1. The fraction of sp³-hybridized carbons (Fsp3) is 0.300. The smallest absolute Gasteiger partial charge is 0.204 e. The highest BCUT2D eigenvalue weighted by Crippen LogP contribution is 2.24. The van der Waals surface area contributed by atoms with E-state index in [0.29, 0.717) is 35.1 Å². The summed E-state index contributed by atoms with van der Waals surface area (Å²) in [6, 6.07) is 12.0. The van der Waals surface area contributed by atoms with Crippen LogP contribution in [0.1, 0.15) is 12.8 Å². The summed E-state index contributed by atoms with van der Waals surface area (Å²) >= 11 is 5.66. The molecule has 0 radical (unpaired) electrons. The van der Waals surface area contributed by atoms with E-state index in [4.69, 9.17) is 12.2 Å². The fourth-order valence-electron chi connectivity index (χ4n) is 3.46. The van der Waals surface area contributed by atoms with E-state index >= 15 is 0 Å². The van der Waals surface area contributed by atoms with Gasteiger partial charge in [-0.25, -0.2) is 13.5 Å². The van der Waals surface area contributed by atoms with Gasteiger partial charge in [-0.1, -0.05) is 0 Å². The van der Waals surface area contributed by atoms with Gasteiger partial charge in [0.05, 0.1) is 18.5 Å². The van der Waals surface area contributed by atoms with E-state index in [1.165, 1.54) is 24.3 Å². The molecule has 1 aliphatic heterocycles. The molecule has 2 heterocycles. The molecule has 146 valence electrons. The molecule has 1 fully saturated rings. The van der Waals surface area contributed by atoms with Crippen LogP contribution < -0.4 is 0 Å². The number of aliphatic hydroxyl groups excluding tert-OH is 1. The van der Waals surface area contributed by atoms with Gasteiger partial charge in [-0.3, -0.25) is 9.47 Å². The monoisotopic (exact) mass is 402 g/mol. The zero-order valence-corrected chi connectivity index (χ0v) is 15.9. The summed E-state index contributed by atoms with van der Waals surface area (Å²) in [4.78, 5) is 2.10. The predicted molar refractivity (Wildman–Crippen MR) is 105 cm³/mol. The van der Waals surface area contributed by atoms with E-state index in [1.54, 1.807) is 33.5 Å². The average Bonchev–Trinajstić information content (AvgIpc) is 2.99. The van der Waals surface area contributed by atoms with Gasteiger partial charge >= 0.3 is 0 Å². The van der Waals surface area contributed by atoms with Gasteiger partial charge in [0.2, 0.25) is 4.77 Å². The van der Waals surface area contributed by atoms with Gasteiger partial charge in [0, 0.05) is 18.7 Å². The van der Waals surface area contributed by atoms with E-state index in [9.17, 15) is 13.9 Å². The summed E-state index contributed by atoms with van der Waals surface area (Å²) in [7, 11) is 0. The summed E-state index contributed by atoms with van der Waals surface area (Å²) in [5.41, 5.74) is 1.38. The molecule has 0 aliphatic carbocycles. The Morgan fingerprint density at radius 3 is 2.32 bits per heavy atom. The van der Waals surface area contributed by atoms with Crippen molar-refractivity contribution in [2.24, 2.45) is 0 Å². The first-order valence-electron chi connectivity index (χ1n) is 9.13. The third-order valence-corrected chi connectivity index (χ3v) is 5.23. The van der Waals surface area contributed by atoms with E-state index < -0.39 is 0 Å². The molecule has 2 aromatic carbocycles. The standard InChI is InChI=1S/C20H20F2N4OS/c21-15-5-3-14(4-6-15)19-23-25(13-24-11-1-2-18(27)12-24)20(28)26(19)17-9-7-16(22)8-10-17/h3-10,18,27H,1-2,11-13H2/t18-/m1/s1. The van der Waals surface area contributed by atoms with Gasteiger partial charge in [0.1, 0.15) is 11.6 Å². The van der Waals surface area contributed by atoms with Gasteiger partial charge in [-0.05, 0) is 73.6 Å². The molecular formula is C20H20F2N4OS. The van der Waals surface area contributed by atoms with Crippen LogP contribution in [0.3, 0.4) is 0 Å². The lowest BCUT2D eigenvalue weighted by Crippen LogP contribution is -2.39. The van der Waals surface area contributed by atoms with Crippen molar-refractivity contribution in [3.63, 3.8) is 0 Å². The largest absolute Gasteiger partial charge is 0.392 e. The number of β-amino-alcohol motifs (C(OH)–C–C–N with tert-alkyl or cyclic N) is 1. The molecule has 1 N–H and O–H groups in total. The van der Waals surface area contributed by atoms with Crippen molar-refractivity contribution in [3.8, 4) is 17.1 Å². The maximum atomic E-state index is 13.4. The number of aliphatic hydroxyl groups is 1. The minimum Gasteiger partial charge on any atom is -0.392 e. The number of benzene rings is 2. The van der Waals surface area contributed by atoms with Gasteiger partial charge < -0.3 is 5.11 Å². The highest BCUT2D eigenvalue weighted by Gasteiger charge is 2.21. The number of halogens is 2. The predicted octanol–water partition coefficient (Wildman–Crippen LogP) is 3.76. The first-order chi connectivity index (χ1) is 13.5. The van der Waals surface area contributed by atoms with Gasteiger partial charge in [-0.2, -0.15) is 0 Å². The molecule has 1 saturated heterocycles. The number of nitrogens with zero attached hydrogens (tertiary/aromatic N) is 4. The molecule has 5 nitrogen and oxygen atoms in total. The number of likely N-dealkylation sites (tertiary alicyclic amines) is 1. The van der Waals surface area contributed by atoms with Crippen LogP contribution >= 0.6 is 12.2 Å². The molecule has 4 rings (SSSR count). The molecule has 0 bridgehead atoms. The maximum Gasteiger partial charge on any atom is 0.204 e. The Kier molecular flexibility index (Phi) is 5.34. The Hall–Kier alpha value is -2.42. The Bertz CT molecular complexity index is 1010. The number of hydrogen-bond acceptors (Lipinski definition) is 4. The van der Waals surface area contributed by atoms with Gasteiger partial charge in [0.25, 0.3) is 0 Å². The molecule has 0 unspecified atom stereocenters. The van der Waals surface area contributed by atoms with Gasteiger partial charge in [0.15, 0.2) is 5.82 Å². The van der Waals surface area contributed by atoms with Crippen LogP contribution in [0.15, 0.2) is 48.5 Å². The second-order valence-electron chi connectivity index (χ2n) is 6.94. The Balaban J connectivity index is 1.78. The van der Waals surface area contributed by atoms with Crippen LogP contribution in [-0.4, -0.2) is 43.5 Å². The lowest BCUT2D eigenvalue weighted by molar-refractivity contribution is 0.0513. The highest BCUT2D eigenvalue weighted by atomic mass is 32.1.